The lowest BCUT2D eigenvalue weighted by molar-refractivity contribution is -0.138. The van der Waals surface area contributed by atoms with Gasteiger partial charge in [-0.15, -0.1) is 0 Å². The summed E-state index contributed by atoms with van der Waals surface area (Å²) in [5, 5.41) is 8.87. The minimum atomic E-state index is -0.820. The number of aliphatic carboxylic acids is 1. The molecule has 0 amide bonds. The van der Waals surface area contributed by atoms with Crippen LogP contribution in [-0.2, 0) is 16.1 Å². The molecule has 0 bridgehead atoms. The summed E-state index contributed by atoms with van der Waals surface area (Å²) in [6.07, 6.45) is 0. The van der Waals surface area contributed by atoms with E-state index in [-0.39, 0.29) is 6.54 Å². The highest BCUT2D eigenvalue weighted by Gasteiger charge is 2.10. The van der Waals surface area contributed by atoms with Gasteiger partial charge in [0.05, 0.1) is 13.2 Å². The van der Waals surface area contributed by atoms with Crippen LogP contribution in [0.5, 0.6) is 0 Å². The highest BCUT2D eigenvalue weighted by atomic mass is 79.9. The molecule has 0 aliphatic carbocycles. The topological polar surface area (TPSA) is 49.8 Å². The Hall–Kier alpha value is -0.910. The minimum Gasteiger partial charge on any atom is -0.480 e. The summed E-state index contributed by atoms with van der Waals surface area (Å²) in [7, 11) is 1.61. The Labute approximate surface area is 116 Å². The van der Waals surface area contributed by atoms with E-state index >= 15 is 0 Å². The van der Waals surface area contributed by atoms with Crippen molar-refractivity contribution in [1.29, 1.82) is 0 Å². The molecule has 0 atom stereocenters. The normalized spacial score (nSPS) is 10.9. The van der Waals surface area contributed by atoms with E-state index in [1.54, 1.807) is 7.11 Å². The van der Waals surface area contributed by atoms with Crippen molar-refractivity contribution in [3.8, 4) is 0 Å². The molecule has 0 fully saturated rings. The predicted octanol–water partition coefficient (Wildman–Crippen LogP) is 2.29. The zero-order valence-electron chi connectivity index (χ0n) is 10.6. The van der Waals surface area contributed by atoms with E-state index in [0.29, 0.717) is 19.7 Å². The van der Waals surface area contributed by atoms with Crippen molar-refractivity contribution in [2.75, 3.05) is 26.8 Å². The standard InChI is InChI=1S/C13H18BrNO3/c1-10-7-11(3-4-12(10)14)8-15(5-6-18-2)9-13(16)17/h3-4,7H,5-6,8-9H2,1-2H3,(H,16,17). The average molecular weight is 316 g/mol. The molecule has 0 spiro atoms. The van der Waals surface area contributed by atoms with Gasteiger partial charge in [0.25, 0.3) is 0 Å². The second-order valence-corrected chi connectivity index (χ2v) is 5.04. The maximum atomic E-state index is 10.8. The number of carboxylic acid groups (broad SMARTS) is 1. The van der Waals surface area contributed by atoms with Gasteiger partial charge in [0, 0.05) is 24.7 Å². The van der Waals surface area contributed by atoms with Gasteiger partial charge in [-0.2, -0.15) is 0 Å². The van der Waals surface area contributed by atoms with Gasteiger partial charge in [-0.1, -0.05) is 28.1 Å². The number of rotatable bonds is 7. The second-order valence-electron chi connectivity index (χ2n) is 4.18. The van der Waals surface area contributed by atoms with Crippen LogP contribution in [0.4, 0.5) is 0 Å². The number of benzene rings is 1. The number of nitrogens with zero attached hydrogens (tertiary/aromatic N) is 1. The first kappa shape index (κ1) is 15.1. The van der Waals surface area contributed by atoms with Crippen molar-refractivity contribution in [2.45, 2.75) is 13.5 Å². The number of ether oxygens (including phenoxy) is 1. The van der Waals surface area contributed by atoms with Crippen LogP contribution in [0.2, 0.25) is 0 Å². The van der Waals surface area contributed by atoms with E-state index in [1.165, 1.54) is 0 Å². The SMILES string of the molecule is COCCN(CC(=O)O)Cc1ccc(Br)c(C)c1. The van der Waals surface area contributed by atoms with Crippen LogP contribution >= 0.6 is 15.9 Å². The smallest absolute Gasteiger partial charge is 0.317 e. The molecule has 0 unspecified atom stereocenters. The molecule has 5 heteroatoms. The third-order valence-corrected chi connectivity index (χ3v) is 3.49. The van der Waals surface area contributed by atoms with Crippen molar-refractivity contribution in [2.24, 2.45) is 0 Å². The fraction of sp³-hybridized carbons (Fsp3) is 0.462. The molecule has 1 aromatic rings. The van der Waals surface area contributed by atoms with Crippen LogP contribution in [0.3, 0.4) is 0 Å². The molecule has 4 nitrogen and oxygen atoms in total. The van der Waals surface area contributed by atoms with Crippen molar-refractivity contribution < 1.29 is 14.6 Å². The van der Waals surface area contributed by atoms with E-state index in [2.05, 4.69) is 22.0 Å². The Bertz CT molecular complexity index is 409. The van der Waals surface area contributed by atoms with Gasteiger partial charge in [-0.3, -0.25) is 9.69 Å². The molecule has 1 N–H and O–H groups in total. The molecule has 0 heterocycles. The summed E-state index contributed by atoms with van der Waals surface area (Å²) in [5.41, 5.74) is 2.25. The molecule has 0 radical (unpaired) electrons. The molecule has 0 saturated carbocycles. The first-order chi connectivity index (χ1) is 8.52. The zero-order chi connectivity index (χ0) is 13.5. The molecule has 0 aliphatic heterocycles. The summed E-state index contributed by atoms with van der Waals surface area (Å²) >= 11 is 3.45. The van der Waals surface area contributed by atoms with Crippen LogP contribution in [0.1, 0.15) is 11.1 Å². The zero-order valence-corrected chi connectivity index (χ0v) is 12.2. The van der Waals surface area contributed by atoms with Crippen LogP contribution in [0, 0.1) is 6.92 Å². The van der Waals surface area contributed by atoms with Crippen molar-refractivity contribution in [1.82, 2.24) is 4.90 Å². The first-order valence-electron chi connectivity index (χ1n) is 5.71. The van der Waals surface area contributed by atoms with Crippen LogP contribution in [0.25, 0.3) is 0 Å². The summed E-state index contributed by atoms with van der Waals surface area (Å²) in [6, 6.07) is 6.05. The van der Waals surface area contributed by atoms with Gasteiger partial charge in [0.2, 0.25) is 0 Å². The van der Waals surface area contributed by atoms with E-state index in [1.807, 2.05) is 24.0 Å². The summed E-state index contributed by atoms with van der Waals surface area (Å²) < 4.78 is 6.06. The highest BCUT2D eigenvalue weighted by Crippen LogP contribution is 2.18. The monoisotopic (exact) mass is 315 g/mol. The highest BCUT2D eigenvalue weighted by molar-refractivity contribution is 9.10. The molecule has 18 heavy (non-hydrogen) atoms. The van der Waals surface area contributed by atoms with Crippen molar-refractivity contribution >= 4 is 21.9 Å². The maximum Gasteiger partial charge on any atom is 0.317 e. The Morgan fingerprint density at radius 3 is 2.78 bits per heavy atom. The number of hydrogen-bond acceptors (Lipinski definition) is 3. The lowest BCUT2D eigenvalue weighted by atomic mass is 10.1. The number of carbonyl (C=O) groups is 1. The first-order valence-corrected chi connectivity index (χ1v) is 6.50. The Morgan fingerprint density at radius 2 is 2.22 bits per heavy atom. The fourth-order valence-electron chi connectivity index (χ4n) is 1.69. The van der Waals surface area contributed by atoms with Crippen LogP contribution in [-0.4, -0.2) is 42.8 Å². The minimum absolute atomic E-state index is 0.0263. The molecular formula is C13H18BrNO3. The number of hydrogen-bond donors (Lipinski definition) is 1. The lowest BCUT2D eigenvalue weighted by Crippen LogP contribution is -2.32. The van der Waals surface area contributed by atoms with Gasteiger partial charge >= 0.3 is 5.97 Å². The lowest BCUT2D eigenvalue weighted by Gasteiger charge is -2.20. The largest absolute Gasteiger partial charge is 0.480 e. The molecular weight excluding hydrogens is 298 g/mol. The van der Waals surface area contributed by atoms with E-state index in [0.717, 1.165) is 15.6 Å². The Morgan fingerprint density at radius 1 is 1.50 bits per heavy atom. The molecule has 0 aromatic heterocycles. The average Bonchev–Trinajstić information content (AvgIpc) is 2.30. The quantitative estimate of drug-likeness (QED) is 0.838. The number of aryl methyl sites for hydroxylation is 1. The van der Waals surface area contributed by atoms with E-state index < -0.39 is 5.97 Å². The van der Waals surface area contributed by atoms with Crippen LogP contribution in [0.15, 0.2) is 22.7 Å². The summed E-state index contributed by atoms with van der Waals surface area (Å²) in [4.78, 5) is 12.6. The molecule has 1 rings (SSSR count). The van der Waals surface area contributed by atoms with Gasteiger partial charge in [-0.25, -0.2) is 0 Å². The Balaban J connectivity index is 2.68. The molecule has 100 valence electrons. The maximum absolute atomic E-state index is 10.8. The van der Waals surface area contributed by atoms with Crippen molar-refractivity contribution in [3.63, 3.8) is 0 Å². The van der Waals surface area contributed by atoms with Crippen LogP contribution < -0.4 is 0 Å². The molecule has 1 aromatic carbocycles. The van der Waals surface area contributed by atoms with E-state index in [4.69, 9.17) is 9.84 Å². The van der Waals surface area contributed by atoms with Gasteiger partial charge in [-0.05, 0) is 24.1 Å². The van der Waals surface area contributed by atoms with Gasteiger partial charge < -0.3 is 9.84 Å². The number of methoxy groups -OCH3 is 1. The molecule has 0 aliphatic rings. The van der Waals surface area contributed by atoms with Crippen molar-refractivity contribution in [3.05, 3.63) is 33.8 Å². The van der Waals surface area contributed by atoms with Gasteiger partial charge in [0.15, 0.2) is 0 Å². The fourth-order valence-corrected chi connectivity index (χ4v) is 1.94. The molecule has 0 saturated heterocycles. The summed E-state index contributed by atoms with van der Waals surface area (Å²) in [6.45, 7) is 3.80. The Kier molecular flexibility index (Phi) is 6.32. The number of carboxylic acids is 1. The van der Waals surface area contributed by atoms with Gasteiger partial charge in [0.1, 0.15) is 0 Å². The summed E-state index contributed by atoms with van der Waals surface area (Å²) in [5.74, 6) is -0.820. The van der Waals surface area contributed by atoms with E-state index in [9.17, 15) is 4.79 Å². The second kappa shape index (κ2) is 7.51. The third-order valence-electron chi connectivity index (χ3n) is 2.60. The predicted molar refractivity (Wildman–Crippen MR) is 73.7 cm³/mol. The third kappa shape index (κ3) is 5.16. The number of halogens is 1.